The van der Waals surface area contributed by atoms with Gasteiger partial charge < -0.3 is 19.1 Å². The van der Waals surface area contributed by atoms with Gasteiger partial charge >= 0.3 is 13.6 Å². The number of carbonyl (C=O) groups excluding carboxylic acids is 2. The van der Waals surface area contributed by atoms with Crippen LogP contribution in [0.25, 0.3) is 11.1 Å². The number of nitrogens with one attached hydrogen (secondary N) is 1. The Labute approximate surface area is 192 Å². The number of allylic oxidation sites excluding steroid dienone is 2. The number of ketones is 1. The van der Waals surface area contributed by atoms with Gasteiger partial charge in [0, 0.05) is 37.2 Å². The molecule has 33 heavy (non-hydrogen) atoms. The summed E-state index contributed by atoms with van der Waals surface area (Å²) in [6.07, 6.45) is 3.00. The Morgan fingerprint density at radius 3 is 2.42 bits per heavy atom. The molecule has 2 aromatic rings. The Morgan fingerprint density at radius 1 is 1.09 bits per heavy atom. The van der Waals surface area contributed by atoms with Crippen molar-refractivity contribution >= 4 is 19.3 Å². The smallest absolute Gasteiger partial charge is 0.359 e. The molecule has 1 aliphatic carbocycles. The van der Waals surface area contributed by atoms with Gasteiger partial charge in [0.2, 0.25) is 0 Å². The second-order valence-electron chi connectivity index (χ2n) is 7.58. The Balaban J connectivity index is 2.00. The molecule has 1 atom stereocenters. The summed E-state index contributed by atoms with van der Waals surface area (Å²) in [6, 6.07) is 12.6. The molecule has 0 aromatic heterocycles. The summed E-state index contributed by atoms with van der Waals surface area (Å²) in [4.78, 5) is 26.2. The highest BCUT2D eigenvalue weighted by Gasteiger charge is 2.44. The van der Waals surface area contributed by atoms with Gasteiger partial charge in [0.15, 0.2) is 5.78 Å². The van der Waals surface area contributed by atoms with Gasteiger partial charge in [-0.2, -0.15) is 0 Å². The van der Waals surface area contributed by atoms with E-state index in [4.69, 9.17) is 13.8 Å². The van der Waals surface area contributed by atoms with Crippen LogP contribution in [0, 0.1) is 0 Å². The number of rotatable bonds is 7. The monoisotopic (exact) mass is 465 g/mol. The van der Waals surface area contributed by atoms with Crippen molar-refractivity contribution < 1.29 is 27.9 Å². The number of benzene rings is 2. The molecular formula is C25H24NO6P. The highest BCUT2D eigenvalue weighted by Crippen LogP contribution is 2.63. The zero-order valence-corrected chi connectivity index (χ0v) is 19.5. The number of dihydropyridines is 1. The normalized spacial score (nSPS) is 17.1. The highest BCUT2D eigenvalue weighted by molar-refractivity contribution is 7.58. The Kier molecular flexibility index (Phi) is 6.21. The van der Waals surface area contributed by atoms with E-state index >= 15 is 0 Å². The summed E-state index contributed by atoms with van der Waals surface area (Å²) in [6.45, 7) is 5.33. The van der Waals surface area contributed by atoms with Crippen molar-refractivity contribution in [3.8, 4) is 11.1 Å². The third-order valence-electron chi connectivity index (χ3n) is 5.85. The molecule has 0 radical (unpaired) electrons. The maximum atomic E-state index is 13.7. The molecule has 2 aromatic carbocycles. The van der Waals surface area contributed by atoms with Gasteiger partial charge in [-0.3, -0.25) is 9.36 Å². The van der Waals surface area contributed by atoms with Gasteiger partial charge in [-0.15, -0.1) is 0 Å². The quantitative estimate of drug-likeness (QED) is 0.301. The van der Waals surface area contributed by atoms with Crippen LogP contribution in [0.2, 0.25) is 0 Å². The lowest BCUT2D eigenvalue weighted by Crippen LogP contribution is -2.26. The average Bonchev–Trinajstić information content (AvgIpc) is 3.14. The summed E-state index contributed by atoms with van der Waals surface area (Å²) >= 11 is 0. The Morgan fingerprint density at radius 2 is 1.76 bits per heavy atom. The molecule has 0 saturated carbocycles. The van der Waals surface area contributed by atoms with E-state index in [9.17, 15) is 14.2 Å². The first-order chi connectivity index (χ1) is 15.9. The Bertz CT molecular complexity index is 1270. The largest absolute Gasteiger partial charge is 0.458 e. The van der Waals surface area contributed by atoms with Gasteiger partial charge in [-0.1, -0.05) is 55.1 Å². The van der Waals surface area contributed by atoms with Crippen molar-refractivity contribution in [2.24, 2.45) is 0 Å². The number of ether oxygens (including phenoxy) is 1. The van der Waals surface area contributed by atoms with E-state index in [1.165, 1.54) is 26.5 Å². The van der Waals surface area contributed by atoms with Crippen LogP contribution in [-0.4, -0.2) is 32.6 Å². The lowest BCUT2D eigenvalue weighted by atomic mass is 9.83. The summed E-state index contributed by atoms with van der Waals surface area (Å²) in [5.41, 5.74) is 3.94. The second-order valence-corrected chi connectivity index (χ2v) is 9.79. The fourth-order valence-electron chi connectivity index (χ4n) is 4.40. The Hall–Kier alpha value is -3.25. The van der Waals surface area contributed by atoms with Crippen molar-refractivity contribution in [1.82, 2.24) is 5.32 Å². The lowest BCUT2D eigenvalue weighted by molar-refractivity contribution is -0.138. The van der Waals surface area contributed by atoms with E-state index in [0.717, 1.165) is 5.56 Å². The van der Waals surface area contributed by atoms with Gasteiger partial charge in [-0.05, 0) is 23.6 Å². The predicted octanol–water partition coefficient (Wildman–Crippen LogP) is 4.92. The summed E-state index contributed by atoms with van der Waals surface area (Å²) in [7, 11) is -1.21. The SMILES string of the molecule is C=CCOC(=O)C1=CNC(C)=C(P(=O)(OC)OC)C1c1cccc2c1-c1ccccc1C2=O. The molecule has 0 saturated heterocycles. The average molecular weight is 465 g/mol. The molecule has 4 rings (SSSR count). The van der Waals surface area contributed by atoms with Crippen LogP contribution in [0.1, 0.15) is 34.3 Å². The van der Waals surface area contributed by atoms with Gasteiger partial charge in [0.05, 0.1) is 16.8 Å². The van der Waals surface area contributed by atoms with Crippen LogP contribution < -0.4 is 5.32 Å². The summed E-state index contributed by atoms with van der Waals surface area (Å²) in [5.74, 6) is -1.53. The van der Waals surface area contributed by atoms with E-state index in [0.29, 0.717) is 28.0 Å². The van der Waals surface area contributed by atoms with Gasteiger partial charge in [0.25, 0.3) is 0 Å². The molecule has 0 bridgehead atoms. The third-order valence-corrected chi connectivity index (χ3v) is 8.00. The molecule has 7 nitrogen and oxygen atoms in total. The molecule has 0 amide bonds. The van der Waals surface area contributed by atoms with Crippen molar-refractivity contribution in [2.75, 3.05) is 20.8 Å². The van der Waals surface area contributed by atoms with Crippen molar-refractivity contribution in [3.63, 3.8) is 0 Å². The van der Waals surface area contributed by atoms with Crippen LogP contribution in [0.3, 0.4) is 0 Å². The van der Waals surface area contributed by atoms with E-state index in [2.05, 4.69) is 11.9 Å². The third kappa shape index (κ3) is 3.68. The number of esters is 1. The maximum absolute atomic E-state index is 13.7. The van der Waals surface area contributed by atoms with Crippen LogP contribution in [0.5, 0.6) is 0 Å². The topological polar surface area (TPSA) is 90.9 Å². The van der Waals surface area contributed by atoms with E-state index in [-0.39, 0.29) is 23.3 Å². The molecular weight excluding hydrogens is 441 g/mol. The predicted molar refractivity (Wildman–Crippen MR) is 125 cm³/mol. The molecule has 1 unspecified atom stereocenters. The zero-order valence-electron chi connectivity index (χ0n) is 18.6. The number of fused-ring (bicyclic) bond motifs is 3. The minimum Gasteiger partial charge on any atom is -0.458 e. The summed E-state index contributed by atoms with van der Waals surface area (Å²) in [5, 5.41) is 3.28. The minimum absolute atomic E-state index is 0.0152. The van der Waals surface area contributed by atoms with E-state index < -0.39 is 19.5 Å². The van der Waals surface area contributed by atoms with Crippen LogP contribution in [-0.2, 0) is 23.1 Å². The number of carbonyl (C=O) groups is 2. The van der Waals surface area contributed by atoms with Gasteiger partial charge in [0.1, 0.15) is 6.61 Å². The minimum atomic E-state index is -3.80. The molecule has 1 aliphatic heterocycles. The molecule has 0 fully saturated rings. The maximum Gasteiger partial charge on any atom is 0.359 e. The molecule has 2 aliphatic rings. The molecule has 170 valence electrons. The summed E-state index contributed by atoms with van der Waals surface area (Å²) < 4.78 is 29.7. The second kappa shape index (κ2) is 8.94. The van der Waals surface area contributed by atoms with Crippen LogP contribution in [0.15, 0.2) is 77.9 Å². The van der Waals surface area contributed by atoms with Crippen LogP contribution in [0.4, 0.5) is 0 Å². The first-order valence-corrected chi connectivity index (χ1v) is 11.9. The van der Waals surface area contributed by atoms with Crippen LogP contribution >= 0.6 is 7.60 Å². The first-order valence-electron chi connectivity index (χ1n) is 10.3. The lowest BCUT2D eigenvalue weighted by Gasteiger charge is -2.32. The molecule has 1 N–H and O–H groups in total. The van der Waals surface area contributed by atoms with E-state index in [1.807, 2.05) is 24.3 Å². The van der Waals surface area contributed by atoms with E-state index in [1.54, 1.807) is 25.1 Å². The standard InChI is InChI=1S/C25H24NO6P/c1-5-13-32-25(28)20-14-26-15(2)24(33(29,30-3)31-4)22(20)18-11-8-12-19-21(18)16-9-6-7-10-17(16)23(19)27/h5-12,14,22,26H,1,13H2,2-4H3. The zero-order chi connectivity index (χ0) is 23.8. The van der Waals surface area contributed by atoms with Crippen molar-refractivity contribution in [1.29, 1.82) is 0 Å². The molecule has 8 heteroatoms. The molecule has 1 heterocycles. The number of hydrogen-bond donors (Lipinski definition) is 1. The fraction of sp³-hybridized carbons (Fsp3) is 0.200. The van der Waals surface area contributed by atoms with Crippen molar-refractivity contribution in [2.45, 2.75) is 12.8 Å². The van der Waals surface area contributed by atoms with Crippen molar-refractivity contribution in [3.05, 3.63) is 94.6 Å². The first kappa shape index (κ1) is 22.9. The van der Waals surface area contributed by atoms with Gasteiger partial charge in [-0.25, -0.2) is 4.79 Å². The highest BCUT2D eigenvalue weighted by atomic mass is 31.2. The molecule has 0 spiro atoms. The number of hydrogen-bond acceptors (Lipinski definition) is 7. The fourth-order valence-corrected chi connectivity index (χ4v) is 6.01.